The van der Waals surface area contributed by atoms with Gasteiger partial charge in [0.05, 0.1) is 20.8 Å². The fraction of sp³-hybridized carbons (Fsp3) is 0.462. The van der Waals surface area contributed by atoms with E-state index in [1.807, 2.05) is 18.2 Å². The SMILES string of the molecule is COC(=O)CCCOc1ccc(OC)cc1CN. The van der Waals surface area contributed by atoms with Crippen LogP contribution in [0.25, 0.3) is 0 Å². The molecule has 0 aromatic heterocycles. The van der Waals surface area contributed by atoms with E-state index in [2.05, 4.69) is 4.74 Å². The number of carbonyl (C=O) groups is 1. The normalized spacial score (nSPS) is 9.94. The van der Waals surface area contributed by atoms with Crippen LogP contribution in [0.4, 0.5) is 0 Å². The minimum absolute atomic E-state index is 0.229. The first-order valence-corrected chi connectivity index (χ1v) is 5.78. The number of nitrogens with two attached hydrogens (primary N) is 1. The third kappa shape index (κ3) is 4.25. The number of benzene rings is 1. The molecule has 0 saturated heterocycles. The zero-order valence-corrected chi connectivity index (χ0v) is 10.8. The molecule has 5 heteroatoms. The summed E-state index contributed by atoms with van der Waals surface area (Å²) in [5.74, 6) is 1.24. The van der Waals surface area contributed by atoms with E-state index in [9.17, 15) is 4.79 Å². The Hall–Kier alpha value is -1.75. The van der Waals surface area contributed by atoms with Gasteiger partial charge in [0.25, 0.3) is 0 Å². The van der Waals surface area contributed by atoms with Crippen LogP contribution in [0.2, 0.25) is 0 Å². The molecule has 0 atom stereocenters. The molecule has 0 unspecified atom stereocenters. The second kappa shape index (κ2) is 7.55. The number of hydrogen-bond acceptors (Lipinski definition) is 5. The van der Waals surface area contributed by atoms with Crippen molar-refractivity contribution in [1.29, 1.82) is 0 Å². The van der Waals surface area contributed by atoms with Crippen LogP contribution in [0.15, 0.2) is 18.2 Å². The van der Waals surface area contributed by atoms with Crippen LogP contribution in [0, 0.1) is 0 Å². The number of rotatable bonds is 7. The molecule has 0 radical (unpaired) electrons. The predicted molar refractivity (Wildman–Crippen MR) is 67.6 cm³/mol. The Morgan fingerprint density at radius 3 is 2.72 bits per heavy atom. The van der Waals surface area contributed by atoms with Crippen LogP contribution in [0.3, 0.4) is 0 Å². The summed E-state index contributed by atoms with van der Waals surface area (Å²) in [6.45, 7) is 0.831. The Balaban J connectivity index is 2.49. The summed E-state index contributed by atoms with van der Waals surface area (Å²) in [5, 5.41) is 0. The van der Waals surface area contributed by atoms with Gasteiger partial charge < -0.3 is 19.9 Å². The molecule has 18 heavy (non-hydrogen) atoms. The van der Waals surface area contributed by atoms with Crippen LogP contribution in [-0.2, 0) is 16.1 Å². The van der Waals surface area contributed by atoms with Crippen molar-refractivity contribution in [2.24, 2.45) is 5.73 Å². The lowest BCUT2D eigenvalue weighted by atomic mass is 10.2. The Labute approximate surface area is 107 Å². The van der Waals surface area contributed by atoms with Gasteiger partial charge in [0, 0.05) is 18.5 Å². The molecule has 5 nitrogen and oxygen atoms in total. The van der Waals surface area contributed by atoms with Crippen molar-refractivity contribution in [1.82, 2.24) is 0 Å². The predicted octanol–water partition coefficient (Wildman–Crippen LogP) is 1.49. The lowest BCUT2D eigenvalue weighted by molar-refractivity contribution is -0.140. The maximum absolute atomic E-state index is 10.9. The number of hydrogen-bond donors (Lipinski definition) is 1. The van der Waals surface area contributed by atoms with Crippen molar-refractivity contribution in [2.45, 2.75) is 19.4 Å². The average molecular weight is 253 g/mol. The number of ether oxygens (including phenoxy) is 3. The zero-order chi connectivity index (χ0) is 13.4. The van der Waals surface area contributed by atoms with E-state index in [1.165, 1.54) is 7.11 Å². The highest BCUT2D eigenvalue weighted by molar-refractivity contribution is 5.69. The van der Waals surface area contributed by atoms with Crippen LogP contribution >= 0.6 is 0 Å². The molecule has 0 heterocycles. The molecule has 0 aliphatic rings. The first-order valence-electron chi connectivity index (χ1n) is 5.78. The van der Waals surface area contributed by atoms with Gasteiger partial charge in [0.15, 0.2) is 0 Å². The minimum Gasteiger partial charge on any atom is -0.497 e. The van der Waals surface area contributed by atoms with E-state index < -0.39 is 0 Å². The molecular formula is C13H19NO4. The summed E-state index contributed by atoms with van der Waals surface area (Å²) in [7, 11) is 2.98. The summed E-state index contributed by atoms with van der Waals surface area (Å²) >= 11 is 0. The molecule has 2 N–H and O–H groups in total. The van der Waals surface area contributed by atoms with Crippen molar-refractivity contribution in [3.05, 3.63) is 23.8 Å². The number of esters is 1. The molecule has 0 amide bonds. The van der Waals surface area contributed by atoms with Crippen molar-refractivity contribution in [3.8, 4) is 11.5 Å². The lowest BCUT2D eigenvalue weighted by Gasteiger charge is -2.11. The van der Waals surface area contributed by atoms with Gasteiger partial charge in [-0.15, -0.1) is 0 Å². The van der Waals surface area contributed by atoms with Gasteiger partial charge >= 0.3 is 5.97 Å². The van der Waals surface area contributed by atoms with E-state index in [-0.39, 0.29) is 5.97 Å². The number of carbonyl (C=O) groups excluding carboxylic acids is 1. The fourth-order valence-electron chi connectivity index (χ4n) is 1.48. The molecule has 1 aromatic carbocycles. The summed E-state index contributed by atoms with van der Waals surface area (Å²) in [5.41, 5.74) is 6.52. The molecule has 1 rings (SSSR count). The molecular weight excluding hydrogens is 234 g/mol. The third-order valence-electron chi connectivity index (χ3n) is 2.50. The topological polar surface area (TPSA) is 70.8 Å². The third-order valence-corrected chi connectivity index (χ3v) is 2.50. The number of methoxy groups -OCH3 is 2. The second-order valence-electron chi connectivity index (χ2n) is 3.71. The maximum Gasteiger partial charge on any atom is 0.305 e. The van der Waals surface area contributed by atoms with Crippen molar-refractivity contribution < 1.29 is 19.0 Å². The summed E-state index contributed by atoms with van der Waals surface area (Å²) < 4.78 is 15.2. The fourth-order valence-corrected chi connectivity index (χ4v) is 1.48. The minimum atomic E-state index is -0.229. The van der Waals surface area contributed by atoms with Gasteiger partial charge in [-0.25, -0.2) is 0 Å². The zero-order valence-electron chi connectivity index (χ0n) is 10.8. The van der Waals surface area contributed by atoms with E-state index >= 15 is 0 Å². The largest absolute Gasteiger partial charge is 0.497 e. The molecule has 0 spiro atoms. The highest BCUT2D eigenvalue weighted by atomic mass is 16.5. The van der Waals surface area contributed by atoms with E-state index in [1.54, 1.807) is 7.11 Å². The Morgan fingerprint density at radius 1 is 1.33 bits per heavy atom. The lowest BCUT2D eigenvalue weighted by Crippen LogP contribution is -2.07. The Morgan fingerprint density at radius 2 is 2.11 bits per heavy atom. The van der Waals surface area contributed by atoms with Gasteiger partial charge in [0.1, 0.15) is 11.5 Å². The van der Waals surface area contributed by atoms with Crippen molar-refractivity contribution >= 4 is 5.97 Å². The first kappa shape index (κ1) is 14.3. The maximum atomic E-state index is 10.9. The van der Waals surface area contributed by atoms with Crippen molar-refractivity contribution in [3.63, 3.8) is 0 Å². The van der Waals surface area contributed by atoms with Crippen LogP contribution < -0.4 is 15.2 Å². The molecule has 0 bridgehead atoms. The molecule has 0 aliphatic heterocycles. The van der Waals surface area contributed by atoms with Crippen LogP contribution in [0.5, 0.6) is 11.5 Å². The second-order valence-corrected chi connectivity index (χ2v) is 3.71. The van der Waals surface area contributed by atoms with E-state index in [0.29, 0.717) is 26.0 Å². The molecule has 0 aliphatic carbocycles. The van der Waals surface area contributed by atoms with Crippen LogP contribution in [0.1, 0.15) is 18.4 Å². The molecule has 100 valence electrons. The van der Waals surface area contributed by atoms with Gasteiger partial charge in [-0.2, -0.15) is 0 Å². The Kier molecular flexibility index (Phi) is 6.00. The van der Waals surface area contributed by atoms with Gasteiger partial charge in [0.2, 0.25) is 0 Å². The van der Waals surface area contributed by atoms with Gasteiger partial charge in [-0.1, -0.05) is 0 Å². The molecule has 0 fully saturated rings. The quantitative estimate of drug-likeness (QED) is 0.589. The molecule has 1 aromatic rings. The van der Waals surface area contributed by atoms with E-state index in [0.717, 1.165) is 17.1 Å². The van der Waals surface area contributed by atoms with Crippen molar-refractivity contribution in [2.75, 3.05) is 20.8 Å². The highest BCUT2D eigenvalue weighted by Gasteiger charge is 2.05. The summed E-state index contributed by atoms with van der Waals surface area (Å²) in [6.07, 6.45) is 0.966. The van der Waals surface area contributed by atoms with E-state index in [4.69, 9.17) is 15.2 Å². The van der Waals surface area contributed by atoms with Gasteiger partial charge in [-0.05, 0) is 24.6 Å². The van der Waals surface area contributed by atoms with Crippen LogP contribution in [-0.4, -0.2) is 26.8 Å². The summed E-state index contributed by atoms with van der Waals surface area (Å²) in [6, 6.07) is 5.48. The summed E-state index contributed by atoms with van der Waals surface area (Å²) in [4.78, 5) is 10.9. The smallest absolute Gasteiger partial charge is 0.305 e. The van der Waals surface area contributed by atoms with Gasteiger partial charge in [-0.3, -0.25) is 4.79 Å². The standard InChI is InChI=1S/C13H19NO4/c1-16-11-5-6-12(10(8-11)9-14)18-7-3-4-13(15)17-2/h5-6,8H,3-4,7,9,14H2,1-2H3. The monoisotopic (exact) mass is 253 g/mol. The highest BCUT2D eigenvalue weighted by Crippen LogP contribution is 2.23. The average Bonchev–Trinajstić information content (AvgIpc) is 2.43. The Bertz CT molecular complexity index is 393. The first-order chi connectivity index (χ1) is 8.71. The molecule has 0 saturated carbocycles.